The fraction of sp³-hybridized carbons (Fsp3) is 0.250. The number of halogens is 2. The maximum atomic E-state index is 3.77. The van der Waals surface area contributed by atoms with Crippen molar-refractivity contribution in [1.29, 1.82) is 0 Å². The van der Waals surface area contributed by atoms with Crippen LogP contribution in [0.15, 0.2) is 53.0 Å². The van der Waals surface area contributed by atoms with Crippen LogP contribution < -0.4 is 0 Å². The van der Waals surface area contributed by atoms with Crippen LogP contribution >= 0.6 is 31.9 Å². The van der Waals surface area contributed by atoms with Crippen molar-refractivity contribution in [2.45, 2.75) is 24.6 Å². The molecule has 1 unspecified atom stereocenters. The Morgan fingerprint density at radius 3 is 2.00 bits per heavy atom. The van der Waals surface area contributed by atoms with Crippen molar-refractivity contribution in [2.75, 3.05) is 0 Å². The van der Waals surface area contributed by atoms with Crippen LogP contribution in [0.2, 0.25) is 0 Å². The van der Waals surface area contributed by atoms with Crippen molar-refractivity contribution in [2.24, 2.45) is 0 Å². The van der Waals surface area contributed by atoms with Crippen LogP contribution in [0, 0.1) is 0 Å². The van der Waals surface area contributed by atoms with Crippen LogP contribution in [0.4, 0.5) is 0 Å². The van der Waals surface area contributed by atoms with E-state index >= 15 is 0 Å². The van der Waals surface area contributed by atoms with Crippen LogP contribution in [0.1, 0.15) is 41.3 Å². The van der Waals surface area contributed by atoms with Gasteiger partial charge >= 0.3 is 0 Å². The van der Waals surface area contributed by atoms with Crippen molar-refractivity contribution in [1.82, 2.24) is 0 Å². The second kappa shape index (κ2) is 6.03. The van der Waals surface area contributed by atoms with E-state index in [1.165, 1.54) is 16.7 Å². The summed E-state index contributed by atoms with van der Waals surface area (Å²) in [5.74, 6) is 0.582. The Balaban J connectivity index is 2.26. The van der Waals surface area contributed by atoms with Crippen LogP contribution in [0.5, 0.6) is 0 Å². The average molecular weight is 368 g/mol. The van der Waals surface area contributed by atoms with Crippen molar-refractivity contribution < 1.29 is 0 Å². The molecule has 0 aliphatic carbocycles. The summed E-state index contributed by atoms with van der Waals surface area (Å²) in [5.41, 5.74) is 3.94. The van der Waals surface area contributed by atoms with Crippen LogP contribution in [-0.4, -0.2) is 0 Å². The van der Waals surface area contributed by atoms with Crippen LogP contribution in [-0.2, 0) is 0 Å². The molecule has 0 nitrogen and oxygen atoms in total. The van der Waals surface area contributed by atoms with Gasteiger partial charge in [-0.15, -0.1) is 0 Å². The molecule has 0 spiro atoms. The van der Waals surface area contributed by atoms with Gasteiger partial charge in [0.2, 0.25) is 0 Å². The third-order valence-electron chi connectivity index (χ3n) is 3.04. The molecular formula is C16H16Br2. The predicted octanol–water partition coefficient (Wildman–Crippen LogP) is 6.06. The summed E-state index contributed by atoms with van der Waals surface area (Å²) in [6, 6.07) is 17.2. The van der Waals surface area contributed by atoms with Gasteiger partial charge in [-0.25, -0.2) is 0 Å². The summed E-state index contributed by atoms with van der Waals surface area (Å²) < 4.78 is 1.11. The standard InChI is InChI=1S/C16H16Br2/c1-11(2)12-6-8-13(9-7-12)16(18)14-4-3-5-15(17)10-14/h3-11,16H,1-2H3. The minimum atomic E-state index is 0.246. The fourth-order valence-corrected chi connectivity index (χ4v) is 2.91. The van der Waals surface area contributed by atoms with Gasteiger partial charge in [-0.05, 0) is 34.7 Å². The molecule has 0 saturated carbocycles. The molecule has 0 fully saturated rings. The minimum absolute atomic E-state index is 0.246. The van der Waals surface area contributed by atoms with Gasteiger partial charge in [-0.1, -0.05) is 82.1 Å². The fourth-order valence-electron chi connectivity index (χ4n) is 1.91. The van der Waals surface area contributed by atoms with Crippen molar-refractivity contribution in [3.63, 3.8) is 0 Å². The third kappa shape index (κ3) is 3.24. The number of hydrogen-bond donors (Lipinski definition) is 0. The molecule has 2 rings (SSSR count). The normalized spacial score (nSPS) is 12.7. The molecule has 0 saturated heterocycles. The Bertz CT molecular complexity index is 515. The largest absolute Gasteiger partial charge is 0.0786 e. The molecule has 0 N–H and O–H groups in total. The number of hydrogen-bond acceptors (Lipinski definition) is 0. The SMILES string of the molecule is CC(C)c1ccc(C(Br)c2cccc(Br)c2)cc1. The molecule has 0 aliphatic rings. The highest BCUT2D eigenvalue weighted by Crippen LogP contribution is 2.32. The zero-order valence-corrected chi connectivity index (χ0v) is 13.7. The van der Waals surface area contributed by atoms with Gasteiger partial charge in [-0.3, -0.25) is 0 Å². The Morgan fingerprint density at radius 2 is 1.44 bits per heavy atom. The first-order valence-electron chi connectivity index (χ1n) is 6.07. The van der Waals surface area contributed by atoms with Gasteiger partial charge in [-0.2, -0.15) is 0 Å². The summed E-state index contributed by atoms with van der Waals surface area (Å²) in [6.07, 6.45) is 0. The van der Waals surface area contributed by atoms with Gasteiger partial charge in [0.05, 0.1) is 4.83 Å². The number of rotatable bonds is 3. The molecule has 1 atom stereocenters. The second-order valence-corrected chi connectivity index (χ2v) is 6.57. The van der Waals surface area contributed by atoms with E-state index in [4.69, 9.17) is 0 Å². The van der Waals surface area contributed by atoms with E-state index in [1.807, 2.05) is 6.07 Å². The first-order valence-corrected chi connectivity index (χ1v) is 7.78. The molecule has 0 aliphatic heterocycles. The summed E-state index contributed by atoms with van der Waals surface area (Å²) in [6.45, 7) is 4.43. The van der Waals surface area contributed by atoms with Gasteiger partial charge in [0, 0.05) is 4.47 Å². The predicted molar refractivity (Wildman–Crippen MR) is 85.4 cm³/mol. The summed E-state index contributed by atoms with van der Waals surface area (Å²) >= 11 is 7.28. The lowest BCUT2D eigenvalue weighted by Crippen LogP contribution is -1.94. The molecule has 18 heavy (non-hydrogen) atoms. The highest BCUT2D eigenvalue weighted by atomic mass is 79.9. The molecule has 0 aromatic heterocycles. The molecule has 0 radical (unpaired) electrons. The van der Waals surface area contributed by atoms with E-state index < -0.39 is 0 Å². The van der Waals surface area contributed by atoms with E-state index in [9.17, 15) is 0 Å². The monoisotopic (exact) mass is 366 g/mol. The smallest absolute Gasteiger partial charge is 0.0645 e. The van der Waals surface area contributed by atoms with Gasteiger partial charge in [0.1, 0.15) is 0 Å². The van der Waals surface area contributed by atoms with Crippen LogP contribution in [0.25, 0.3) is 0 Å². The van der Waals surface area contributed by atoms with Crippen LogP contribution in [0.3, 0.4) is 0 Å². The quantitative estimate of drug-likeness (QED) is 0.578. The maximum Gasteiger partial charge on any atom is 0.0645 e. The third-order valence-corrected chi connectivity index (χ3v) is 4.59. The maximum absolute atomic E-state index is 3.77. The molecule has 2 aromatic carbocycles. The summed E-state index contributed by atoms with van der Waals surface area (Å²) in [7, 11) is 0. The molecule has 2 heteroatoms. The lowest BCUT2D eigenvalue weighted by atomic mass is 9.99. The molecule has 0 heterocycles. The van der Waals surface area contributed by atoms with E-state index in [-0.39, 0.29) is 4.83 Å². The number of alkyl halides is 1. The zero-order chi connectivity index (χ0) is 13.1. The van der Waals surface area contributed by atoms with Crippen molar-refractivity contribution in [3.8, 4) is 0 Å². The molecular weight excluding hydrogens is 352 g/mol. The van der Waals surface area contributed by atoms with Gasteiger partial charge < -0.3 is 0 Å². The Hall–Kier alpha value is -0.600. The Kier molecular flexibility index (Phi) is 4.63. The lowest BCUT2D eigenvalue weighted by molar-refractivity contribution is 0.865. The van der Waals surface area contributed by atoms with E-state index in [1.54, 1.807) is 0 Å². The summed E-state index contributed by atoms with van der Waals surface area (Å²) in [4.78, 5) is 0.246. The molecule has 0 amide bonds. The highest BCUT2D eigenvalue weighted by molar-refractivity contribution is 9.10. The zero-order valence-electron chi connectivity index (χ0n) is 10.5. The first-order chi connectivity index (χ1) is 8.58. The second-order valence-electron chi connectivity index (χ2n) is 4.74. The topological polar surface area (TPSA) is 0 Å². The molecule has 94 valence electrons. The van der Waals surface area contributed by atoms with E-state index in [0.717, 1.165) is 4.47 Å². The number of benzene rings is 2. The average Bonchev–Trinajstić information content (AvgIpc) is 2.38. The lowest BCUT2D eigenvalue weighted by Gasteiger charge is -2.13. The Labute approximate surface area is 126 Å². The van der Waals surface area contributed by atoms with E-state index in [0.29, 0.717) is 5.92 Å². The first kappa shape index (κ1) is 13.8. The van der Waals surface area contributed by atoms with Crippen molar-refractivity contribution >= 4 is 31.9 Å². The molecule has 2 aromatic rings. The van der Waals surface area contributed by atoms with E-state index in [2.05, 4.69) is 88.2 Å². The Morgan fingerprint density at radius 1 is 0.833 bits per heavy atom. The molecule has 0 bridgehead atoms. The highest BCUT2D eigenvalue weighted by Gasteiger charge is 2.10. The van der Waals surface area contributed by atoms with Gasteiger partial charge in [0.25, 0.3) is 0 Å². The van der Waals surface area contributed by atoms with Crippen molar-refractivity contribution in [3.05, 3.63) is 69.7 Å². The van der Waals surface area contributed by atoms with Gasteiger partial charge in [0.15, 0.2) is 0 Å². The minimum Gasteiger partial charge on any atom is -0.0786 e. The summed E-state index contributed by atoms with van der Waals surface area (Å²) in [5, 5.41) is 0.